The lowest BCUT2D eigenvalue weighted by Gasteiger charge is -2.50. The number of nitrogens with two attached hydrogens (primary N) is 1. The van der Waals surface area contributed by atoms with E-state index in [4.69, 9.17) is 5.73 Å². The van der Waals surface area contributed by atoms with Crippen molar-refractivity contribution < 1.29 is 4.79 Å². The van der Waals surface area contributed by atoms with Crippen LogP contribution in [0.2, 0.25) is 0 Å². The Hall–Kier alpha value is -0.570. The van der Waals surface area contributed by atoms with Crippen molar-refractivity contribution >= 4 is 5.91 Å². The monoisotopic (exact) mass is 196 g/mol. The average Bonchev–Trinajstić information content (AvgIpc) is 2.84. The minimum atomic E-state index is -0.0598. The van der Waals surface area contributed by atoms with E-state index in [0.29, 0.717) is 0 Å². The molecule has 0 aromatic rings. The van der Waals surface area contributed by atoms with Gasteiger partial charge in [-0.3, -0.25) is 4.79 Å². The predicted molar refractivity (Wildman–Crippen MR) is 55.6 cm³/mol. The fourth-order valence-electron chi connectivity index (χ4n) is 1.95. The van der Waals surface area contributed by atoms with Crippen LogP contribution in [-0.4, -0.2) is 18.0 Å². The van der Waals surface area contributed by atoms with Gasteiger partial charge in [0, 0.05) is 22.9 Å². The summed E-state index contributed by atoms with van der Waals surface area (Å²) in [7, 11) is 0. The summed E-state index contributed by atoms with van der Waals surface area (Å²) >= 11 is 0. The molecule has 2 rings (SSSR count). The van der Waals surface area contributed by atoms with Gasteiger partial charge < -0.3 is 11.1 Å². The standard InChI is InChI=1S/C11H20N2O/c1-10(2)7(12)6-8(10)13-9(14)11(3)4-5-11/h7-8H,4-6,12H2,1-3H3,(H,13,14). The van der Waals surface area contributed by atoms with E-state index in [1.165, 1.54) is 0 Å². The van der Waals surface area contributed by atoms with Gasteiger partial charge in [0.25, 0.3) is 0 Å². The van der Waals surface area contributed by atoms with Crippen molar-refractivity contribution in [3.63, 3.8) is 0 Å². The van der Waals surface area contributed by atoms with Crippen LogP contribution in [0.15, 0.2) is 0 Å². The van der Waals surface area contributed by atoms with Gasteiger partial charge in [-0.15, -0.1) is 0 Å². The molecule has 3 N–H and O–H groups in total. The molecule has 0 saturated heterocycles. The molecule has 1 amide bonds. The molecule has 0 aromatic heterocycles. The maximum absolute atomic E-state index is 11.8. The molecule has 2 saturated carbocycles. The maximum atomic E-state index is 11.8. The second kappa shape index (κ2) is 2.72. The molecule has 2 atom stereocenters. The van der Waals surface area contributed by atoms with Crippen LogP contribution in [0.1, 0.15) is 40.0 Å². The van der Waals surface area contributed by atoms with E-state index in [2.05, 4.69) is 19.2 Å². The van der Waals surface area contributed by atoms with Crippen LogP contribution in [0.25, 0.3) is 0 Å². The summed E-state index contributed by atoms with van der Waals surface area (Å²) in [6, 6.07) is 0.516. The van der Waals surface area contributed by atoms with Crippen molar-refractivity contribution in [1.82, 2.24) is 5.32 Å². The van der Waals surface area contributed by atoms with Crippen LogP contribution in [-0.2, 0) is 4.79 Å². The Labute approximate surface area is 85.4 Å². The molecule has 0 spiro atoms. The first-order valence-electron chi connectivity index (χ1n) is 5.43. The number of amides is 1. The van der Waals surface area contributed by atoms with Gasteiger partial charge in [0.15, 0.2) is 0 Å². The Morgan fingerprint density at radius 1 is 1.36 bits per heavy atom. The summed E-state index contributed by atoms with van der Waals surface area (Å²) in [5.74, 6) is 0.225. The molecule has 3 heteroatoms. The third-order valence-corrected chi connectivity index (χ3v) is 4.20. The van der Waals surface area contributed by atoms with E-state index in [-0.39, 0.29) is 28.8 Å². The summed E-state index contributed by atoms with van der Waals surface area (Å²) in [6.07, 6.45) is 3.00. The Bertz CT molecular complexity index is 268. The van der Waals surface area contributed by atoms with Crippen LogP contribution >= 0.6 is 0 Å². The molecule has 2 fully saturated rings. The zero-order chi connectivity index (χ0) is 10.6. The molecule has 3 nitrogen and oxygen atoms in total. The zero-order valence-electron chi connectivity index (χ0n) is 9.26. The molecule has 14 heavy (non-hydrogen) atoms. The largest absolute Gasteiger partial charge is 0.352 e. The molecule has 0 aliphatic heterocycles. The Kier molecular flexibility index (Phi) is 1.94. The number of rotatable bonds is 2. The van der Waals surface area contributed by atoms with Crippen molar-refractivity contribution in [3.05, 3.63) is 0 Å². The normalized spacial score (nSPS) is 37.1. The van der Waals surface area contributed by atoms with Crippen LogP contribution in [0, 0.1) is 10.8 Å². The average molecular weight is 196 g/mol. The molecule has 0 aromatic carbocycles. The van der Waals surface area contributed by atoms with Crippen molar-refractivity contribution in [3.8, 4) is 0 Å². The molecule has 0 heterocycles. The van der Waals surface area contributed by atoms with Crippen molar-refractivity contribution in [2.75, 3.05) is 0 Å². The van der Waals surface area contributed by atoms with Crippen LogP contribution in [0.4, 0.5) is 0 Å². The Morgan fingerprint density at radius 2 is 1.93 bits per heavy atom. The summed E-state index contributed by atoms with van der Waals surface area (Å²) in [5.41, 5.74) is 5.91. The summed E-state index contributed by atoms with van der Waals surface area (Å²) < 4.78 is 0. The van der Waals surface area contributed by atoms with Crippen LogP contribution in [0.3, 0.4) is 0 Å². The molecule has 2 aliphatic carbocycles. The fraction of sp³-hybridized carbons (Fsp3) is 0.909. The number of nitrogens with one attached hydrogen (secondary N) is 1. The first kappa shape index (κ1) is 9.97. The minimum absolute atomic E-state index is 0.0598. The number of carbonyl (C=O) groups is 1. The highest BCUT2D eigenvalue weighted by Crippen LogP contribution is 2.46. The highest BCUT2D eigenvalue weighted by Gasteiger charge is 2.51. The van der Waals surface area contributed by atoms with Crippen molar-refractivity contribution in [1.29, 1.82) is 0 Å². The zero-order valence-corrected chi connectivity index (χ0v) is 9.26. The maximum Gasteiger partial charge on any atom is 0.226 e. The van der Waals surface area contributed by atoms with Gasteiger partial charge >= 0.3 is 0 Å². The Balaban J connectivity index is 1.91. The fourth-order valence-corrected chi connectivity index (χ4v) is 1.95. The topological polar surface area (TPSA) is 55.1 Å². The van der Waals surface area contributed by atoms with Gasteiger partial charge in [-0.2, -0.15) is 0 Å². The van der Waals surface area contributed by atoms with E-state index in [0.717, 1.165) is 19.3 Å². The van der Waals surface area contributed by atoms with Crippen LogP contribution in [0.5, 0.6) is 0 Å². The number of hydrogen-bond acceptors (Lipinski definition) is 2. The van der Waals surface area contributed by atoms with E-state index in [9.17, 15) is 4.79 Å². The third kappa shape index (κ3) is 1.34. The van der Waals surface area contributed by atoms with Gasteiger partial charge in [0.2, 0.25) is 5.91 Å². The summed E-state index contributed by atoms with van der Waals surface area (Å²) in [6.45, 7) is 6.29. The molecule has 2 unspecified atom stereocenters. The second-order valence-corrected chi connectivity index (χ2v) is 5.75. The molecule has 2 aliphatic rings. The lowest BCUT2D eigenvalue weighted by atomic mass is 9.63. The highest BCUT2D eigenvalue weighted by atomic mass is 16.2. The molecular formula is C11H20N2O. The molecular weight excluding hydrogens is 176 g/mol. The second-order valence-electron chi connectivity index (χ2n) is 5.75. The van der Waals surface area contributed by atoms with Gasteiger partial charge in [0.05, 0.1) is 0 Å². The predicted octanol–water partition coefficient (Wildman–Crippen LogP) is 1.03. The lowest BCUT2D eigenvalue weighted by Crippen LogP contribution is -2.65. The first-order valence-corrected chi connectivity index (χ1v) is 5.43. The van der Waals surface area contributed by atoms with E-state index in [1.54, 1.807) is 0 Å². The molecule has 0 bridgehead atoms. The lowest BCUT2D eigenvalue weighted by molar-refractivity contribution is -0.129. The smallest absolute Gasteiger partial charge is 0.226 e. The van der Waals surface area contributed by atoms with Gasteiger partial charge in [0.1, 0.15) is 0 Å². The summed E-state index contributed by atoms with van der Waals surface area (Å²) in [4.78, 5) is 11.8. The SMILES string of the molecule is CC1(C(=O)NC2CC(N)C2(C)C)CC1. The van der Waals surface area contributed by atoms with E-state index < -0.39 is 0 Å². The molecule has 0 radical (unpaired) electrons. The van der Waals surface area contributed by atoms with Gasteiger partial charge in [-0.25, -0.2) is 0 Å². The summed E-state index contributed by atoms with van der Waals surface area (Å²) in [5, 5.41) is 3.12. The van der Waals surface area contributed by atoms with Crippen molar-refractivity contribution in [2.24, 2.45) is 16.6 Å². The van der Waals surface area contributed by atoms with Gasteiger partial charge in [-0.05, 0) is 19.3 Å². The van der Waals surface area contributed by atoms with E-state index >= 15 is 0 Å². The van der Waals surface area contributed by atoms with Crippen LogP contribution < -0.4 is 11.1 Å². The highest BCUT2D eigenvalue weighted by molar-refractivity contribution is 5.85. The quantitative estimate of drug-likeness (QED) is 0.693. The van der Waals surface area contributed by atoms with Crippen molar-refractivity contribution in [2.45, 2.75) is 52.1 Å². The van der Waals surface area contributed by atoms with Gasteiger partial charge in [-0.1, -0.05) is 20.8 Å². The Morgan fingerprint density at radius 3 is 2.29 bits per heavy atom. The first-order chi connectivity index (χ1) is 6.36. The number of hydrogen-bond donors (Lipinski definition) is 2. The minimum Gasteiger partial charge on any atom is -0.352 e. The molecule has 80 valence electrons. The number of carbonyl (C=O) groups excluding carboxylic acids is 1. The third-order valence-electron chi connectivity index (χ3n) is 4.20. The van der Waals surface area contributed by atoms with E-state index in [1.807, 2.05) is 6.92 Å².